The molecule has 1 aromatic carbocycles. The third-order valence-electron chi connectivity index (χ3n) is 4.90. The fourth-order valence-electron chi connectivity index (χ4n) is 3.35. The van der Waals surface area contributed by atoms with Gasteiger partial charge in [-0.25, -0.2) is 9.67 Å². The molecule has 0 saturated heterocycles. The lowest BCUT2D eigenvalue weighted by molar-refractivity contribution is 0.0963. The maximum Gasteiger partial charge on any atom is 0.251 e. The van der Waals surface area contributed by atoms with Crippen LogP contribution in [0.3, 0.4) is 0 Å². The number of carbonyl (C=O) groups excluding carboxylic acids is 1. The molecule has 28 heavy (non-hydrogen) atoms. The summed E-state index contributed by atoms with van der Waals surface area (Å²) in [5.74, 6) is 2.71. The van der Waals surface area contributed by atoms with Gasteiger partial charge < -0.3 is 16.0 Å². The normalized spacial score (nSPS) is 16.4. The van der Waals surface area contributed by atoms with Gasteiger partial charge in [-0.2, -0.15) is 5.10 Å². The molecule has 1 aromatic heterocycles. The van der Waals surface area contributed by atoms with Gasteiger partial charge in [-0.15, -0.1) is 0 Å². The molecular formula is C20H29N7O. The number of nitrogens with one attached hydrogen (secondary N) is 3. The highest BCUT2D eigenvalue weighted by Crippen LogP contribution is 2.13. The Kier molecular flexibility index (Phi) is 6.62. The number of carbonyl (C=O) groups is 1. The maximum atomic E-state index is 11.8. The Morgan fingerprint density at radius 3 is 3.00 bits per heavy atom. The highest BCUT2D eigenvalue weighted by atomic mass is 16.1. The second-order valence-corrected chi connectivity index (χ2v) is 6.89. The van der Waals surface area contributed by atoms with Gasteiger partial charge in [0.25, 0.3) is 5.91 Å². The van der Waals surface area contributed by atoms with Gasteiger partial charge in [0.1, 0.15) is 5.82 Å². The number of rotatable bonds is 6. The van der Waals surface area contributed by atoms with E-state index in [0.29, 0.717) is 5.56 Å². The second kappa shape index (κ2) is 9.34. The highest BCUT2D eigenvalue weighted by Gasteiger charge is 2.22. The molecule has 1 unspecified atom stereocenters. The third kappa shape index (κ3) is 4.88. The summed E-state index contributed by atoms with van der Waals surface area (Å²) in [6, 6.07) is 7.97. The van der Waals surface area contributed by atoms with Crippen molar-refractivity contribution in [2.75, 3.05) is 20.6 Å². The van der Waals surface area contributed by atoms with Crippen LogP contribution in [-0.4, -0.2) is 53.3 Å². The zero-order valence-electron chi connectivity index (χ0n) is 16.8. The number of benzene rings is 1. The summed E-state index contributed by atoms with van der Waals surface area (Å²) in [5, 5.41) is 14.1. The van der Waals surface area contributed by atoms with Crippen LogP contribution in [0.2, 0.25) is 0 Å². The molecule has 0 aliphatic carbocycles. The zero-order valence-corrected chi connectivity index (χ0v) is 16.8. The molecule has 0 bridgehead atoms. The molecule has 0 fully saturated rings. The molecule has 3 N–H and O–H groups in total. The van der Waals surface area contributed by atoms with Crippen molar-refractivity contribution in [1.82, 2.24) is 30.7 Å². The average molecular weight is 384 g/mol. The average Bonchev–Trinajstić information content (AvgIpc) is 3.15. The van der Waals surface area contributed by atoms with Gasteiger partial charge in [0.15, 0.2) is 11.8 Å². The fourth-order valence-corrected chi connectivity index (χ4v) is 3.35. The Labute approximate surface area is 165 Å². The summed E-state index contributed by atoms with van der Waals surface area (Å²) in [5.41, 5.74) is 1.79. The zero-order chi connectivity index (χ0) is 19.9. The SMILES string of the molecule is CCc1nc2n(n1)CC(NC(=NC)NCCc1cccc(C(=O)NC)c1)CC2. The van der Waals surface area contributed by atoms with Gasteiger partial charge in [-0.3, -0.25) is 9.79 Å². The number of amides is 1. The Hall–Kier alpha value is -2.90. The molecule has 2 heterocycles. The summed E-state index contributed by atoms with van der Waals surface area (Å²) >= 11 is 0. The molecule has 1 aliphatic rings. The number of nitrogens with zero attached hydrogens (tertiary/aromatic N) is 4. The van der Waals surface area contributed by atoms with E-state index in [1.807, 2.05) is 28.9 Å². The molecular weight excluding hydrogens is 354 g/mol. The molecule has 0 saturated carbocycles. The number of fused-ring (bicyclic) bond motifs is 1. The minimum atomic E-state index is -0.0664. The van der Waals surface area contributed by atoms with Crippen molar-refractivity contribution in [2.24, 2.45) is 4.99 Å². The van der Waals surface area contributed by atoms with Crippen molar-refractivity contribution in [1.29, 1.82) is 0 Å². The molecule has 0 radical (unpaired) electrons. The van der Waals surface area contributed by atoms with Gasteiger partial charge in [-0.1, -0.05) is 19.1 Å². The molecule has 8 nitrogen and oxygen atoms in total. The van der Waals surface area contributed by atoms with E-state index in [9.17, 15) is 4.79 Å². The Morgan fingerprint density at radius 2 is 2.25 bits per heavy atom. The van der Waals surface area contributed by atoms with Crippen molar-refractivity contribution in [3.8, 4) is 0 Å². The van der Waals surface area contributed by atoms with E-state index in [2.05, 4.69) is 37.9 Å². The predicted octanol–water partition coefficient (Wildman–Crippen LogP) is 0.923. The smallest absolute Gasteiger partial charge is 0.251 e. The van der Waals surface area contributed by atoms with E-state index >= 15 is 0 Å². The maximum absolute atomic E-state index is 11.8. The lowest BCUT2D eigenvalue weighted by atomic mass is 10.1. The van der Waals surface area contributed by atoms with E-state index in [0.717, 1.165) is 61.9 Å². The molecule has 150 valence electrons. The molecule has 0 spiro atoms. The van der Waals surface area contributed by atoms with Crippen LogP contribution in [0.4, 0.5) is 0 Å². The Morgan fingerprint density at radius 1 is 1.39 bits per heavy atom. The van der Waals surface area contributed by atoms with Crippen LogP contribution in [0, 0.1) is 0 Å². The van der Waals surface area contributed by atoms with Crippen LogP contribution in [0.5, 0.6) is 0 Å². The van der Waals surface area contributed by atoms with E-state index in [-0.39, 0.29) is 11.9 Å². The molecule has 2 aromatic rings. The van der Waals surface area contributed by atoms with Crippen LogP contribution in [-0.2, 0) is 25.8 Å². The monoisotopic (exact) mass is 383 g/mol. The predicted molar refractivity (Wildman–Crippen MR) is 110 cm³/mol. The van der Waals surface area contributed by atoms with Crippen LogP contribution < -0.4 is 16.0 Å². The van der Waals surface area contributed by atoms with Crippen LogP contribution >= 0.6 is 0 Å². The van der Waals surface area contributed by atoms with E-state index in [4.69, 9.17) is 0 Å². The van der Waals surface area contributed by atoms with E-state index < -0.39 is 0 Å². The largest absolute Gasteiger partial charge is 0.356 e. The number of hydrogen-bond acceptors (Lipinski definition) is 4. The number of aliphatic imine (C=N–C) groups is 1. The van der Waals surface area contributed by atoms with Crippen LogP contribution in [0.15, 0.2) is 29.3 Å². The molecule has 8 heteroatoms. The summed E-state index contributed by atoms with van der Waals surface area (Å²) < 4.78 is 2.01. The summed E-state index contributed by atoms with van der Waals surface area (Å²) in [7, 11) is 3.42. The highest BCUT2D eigenvalue weighted by molar-refractivity contribution is 5.94. The van der Waals surface area contributed by atoms with Crippen molar-refractivity contribution in [2.45, 2.75) is 45.2 Å². The second-order valence-electron chi connectivity index (χ2n) is 6.89. The summed E-state index contributed by atoms with van der Waals surface area (Å²) in [6.07, 6.45) is 3.61. The van der Waals surface area contributed by atoms with Gasteiger partial charge in [0.05, 0.1) is 6.54 Å². The Balaban J connectivity index is 1.50. The van der Waals surface area contributed by atoms with Gasteiger partial charge >= 0.3 is 0 Å². The molecule has 3 rings (SSSR count). The van der Waals surface area contributed by atoms with Crippen molar-refractivity contribution in [3.05, 3.63) is 47.0 Å². The minimum Gasteiger partial charge on any atom is -0.356 e. The Bertz CT molecular complexity index is 843. The number of aryl methyl sites for hydroxylation is 2. The molecule has 1 atom stereocenters. The third-order valence-corrected chi connectivity index (χ3v) is 4.90. The van der Waals surface area contributed by atoms with E-state index in [1.165, 1.54) is 0 Å². The lowest BCUT2D eigenvalue weighted by Gasteiger charge is -2.25. The number of aromatic nitrogens is 3. The number of guanidine groups is 1. The summed E-state index contributed by atoms with van der Waals surface area (Å²) in [4.78, 5) is 20.7. The topological polar surface area (TPSA) is 96.2 Å². The van der Waals surface area contributed by atoms with Crippen LogP contribution in [0.25, 0.3) is 0 Å². The first-order valence-corrected chi connectivity index (χ1v) is 9.83. The van der Waals surface area contributed by atoms with Crippen LogP contribution in [0.1, 0.15) is 40.9 Å². The summed E-state index contributed by atoms with van der Waals surface area (Å²) in [6.45, 7) is 3.61. The fraction of sp³-hybridized carbons (Fsp3) is 0.500. The van der Waals surface area contributed by atoms with E-state index in [1.54, 1.807) is 14.1 Å². The van der Waals surface area contributed by atoms with Gasteiger partial charge in [0, 0.05) is 45.1 Å². The first kappa shape index (κ1) is 19.9. The quantitative estimate of drug-likeness (QED) is 0.509. The van der Waals surface area contributed by atoms with Gasteiger partial charge in [0.2, 0.25) is 0 Å². The van der Waals surface area contributed by atoms with Crippen molar-refractivity contribution in [3.63, 3.8) is 0 Å². The molecule has 1 aliphatic heterocycles. The minimum absolute atomic E-state index is 0.0664. The lowest BCUT2D eigenvalue weighted by Crippen LogP contribution is -2.47. The van der Waals surface area contributed by atoms with Crippen molar-refractivity contribution < 1.29 is 4.79 Å². The first-order valence-electron chi connectivity index (χ1n) is 9.83. The number of hydrogen-bond donors (Lipinski definition) is 3. The van der Waals surface area contributed by atoms with Crippen molar-refractivity contribution >= 4 is 11.9 Å². The first-order chi connectivity index (χ1) is 13.6. The standard InChI is InChI=1S/C20H29N7O/c1-4-17-25-18-9-8-16(13-27(18)26-17)24-20(22-3)23-11-10-14-6-5-7-15(12-14)19(28)21-2/h5-7,12,16H,4,8-11,13H2,1-3H3,(H,21,28)(H2,22,23,24). The van der Waals surface area contributed by atoms with Gasteiger partial charge in [-0.05, 0) is 30.5 Å². The molecule has 1 amide bonds.